The van der Waals surface area contributed by atoms with Crippen molar-refractivity contribution in [3.8, 4) is 0 Å². The van der Waals surface area contributed by atoms with Crippen molar-refractivity contribution in [1.82, 2.24) is 4.90 Å². The van der Waals surface area contributed by atoms with Gasteiger partial charge in [-0.3, -0.25) is 4.79 Å². The molecule has 0 aliphatic carbocycles. The lowest BCUT2D eigenvalue weighted by atomic mass is 10.2. The normalized spacial score (nSPS) is 22.4. The van der Waals surface area contributed by atoms with Gasteiger partial charge in [-0.15, -0.1) is 0 Å². The van der Waals surface area contributed by atoms with E-state index in [4.69, 9.17) is 15.2 Å². The number of hydrogen-bond donors (Lipinski definition) is 1. The highest BCUT2D eigenvalue weighted by atomic mass is 16.5. The summed E-state index contributed by atoms with van der Waals surface area (Å²) in [5.74, 6) is 0.0219. The summed E-state index contributed by atoms with van der Waals surface area (Å²) in [7, 11) is 0. The quantitative estimate of drug-likeness (QED) is 0.649. The summed E-state index contributed by atoms with van der Waals surface area (Å²) in [6.45, 7) is 4.85. The summed E-state index contributed by atoms with van der Waals surface area (Å²) < 4.78 is 10.4. The van der Waals surface area contributed by atoms with E-state index >= 15 is 0 Å². The summed E-state index contributed by atoms with van der Waals surface area (Å²) in [4.78, 5) is 13.3. The van der Waals surface area contributed by atoms with Crippen LogP contribution in [0.25, 0.3) is 0 Å². The summed E-state index contributed by atoms with van der Waals surface area (Å²) >= 11 is 0. The maximum Gasteiger partial charge on any atom is 0.248 e. The second-order valence-electron chi connectivity index (χ2n) is 3.21. The minimum Gasteiger partial charge on any atom is -0.373 e. The van der Waals surface area contributed by atoms with Crippen LogP contribution in [0.5, 0.6) is 0 Å². The largest absolute Gasteiger partial charge is 0.373 e. The molecule has 1 saturated heterocycles. The van der Waals surface area contributed by atoms with Gasteiger partial charge in [0, 0.05) is 26.2 Å². The molecule has 0 spiro atoms. The van der Waals surface area contributed by atoms with Crippen LogP contribution in [-0.2, 0) is 14.3 Å². The molecule has 1 amide bonds. The maximum absolute atomic E-state index is 11.5. The lowest BCUT2D eigenvalue weighted by molar-refractivity contribution is -0.143. The van der Waals surface area contributed by atoms with Gasteiger partial charge >= 0.3 is 0 Å². The Hall–Kier alpha value is -0.650. The molecule has 0 radical (unpaired) electrons. The monoisotopic (exact) mass is 202 g/mol. The summed E-state index contributed by atoms with van der Waals surface area (Å²) in [5.41, 5.74) is 5.47. The van der Waals surface area contributed by atoms with E-state index in [0.29, 0.717) is 32.8 Å². The second kappa shape index (κ2) is 5.95. The Bertz CT molecular complexity index is 187. The van der Waals surface area contributed by atoms with Crippen molar-refractivity contribution in [2.75, 3.05) is 39.5 Å². The van der Waals surface area contributed by atoms with Gasteiger partial charge in [0.15, 0.2) is 0 Å². The molecule has 14 heavy (non-hydrogen) atoms. The van der Waals surface area contributed by atoms with Gasteiger partial charge < -0.3 is 20.1 Å². The molecule has 2 N–H and O–H groups in total. The molecule has 1 aliphatic heterocycles. The number of amides is 1. The highest BCUT2D eigenvalue weighted by molar-refractivity contribution is 5.77. The minimum atomic E-state index is -0.0191. The highest BCUT2D eigenvalue weighted by Crippen LogP contribution is 2.04. The van der Waals surface area contributed by atoms with E-state index in [1.807, 2.05) is 6.92 Å². The Morgan fingerprint density at radius 2 is 2.50 bits per heavy atom. The number of carbonyl (C=O) groups is 1. The third kappa shape index (κ3) is 3.25. The molecule has 5 heteroatoms. The fraction of sp³-hybridized carbons (Fsp3) is 0.889. The van der Waals surface area contributed by atoms with E-state index in [9.17, 15) is 4.79 Å². The van der Waals surface area contributed by atoms with Gasteiger partial charge in [0.25, 0.3) is 0 Å². The van der Waals surface area contributed by atoms with Gasteiger partial charge in [0.05, 0.1) is 12.7 Å². The standard InChI is InChI=1S/C9H18N2O3/c1-2-13-7-9(12)11-3-4-14-8(5-10)6-11/h8H,2-7,10H2,1H3. The number of morpholine rings is 1. The molecule has 0 aromatic carbocycles. The van der Waals surface area contributed by atoms with Crippen LogP contribution in [0.2, 0.25) is 0 Å². The molecule has 1 atom stereocenters. The fourth-order valence-electron chi connectivity index (χ4n) is 1.37. The van der Waals surface area contributed by atoms with Gasteiger partial charge in [-0.2, -0.15) is 0 Å². The van der Waals surface area contributed by atoms with Crippen molar-refractivity contribution in [2.45, 2.75) is 13.0 Å². The van der Waals surface area contributed by atoms with Gasteiger partial charge in [0.2, 0.25) is 5.91 Å². The van der Waals surface area contributed by atoms with E-state index in [0.717, 1.165) is 0 Å². The van der Waals surface area contributed by atoms with Crippen molar-refractivity contribution in [1.29, 1.82) is 0 Å². The first-order valence-corrected chi connectivity index (χ1v) is 4.95. The third-order valence-electron chi connectivity index (χ3n) is 2.18. The summed E-state index contributed by atoms with van der Waals surface area (Å²) in [6, 6.07) is 0. The molecular weight excluding hydrogens is 184 g/mol. The van der Waals surface area contributed by atoms with Crippen molar-refractivity contribution < 1.29 is 14.3 Å². The molecule has 1 unspecified atom stereocenters. The van der Waals surface area contributed by atoms with Crippen LogP contribution in [0.4, 0.5) is 0 Å². The van der Waals surface area contributed by atoms with E-state index in [2.05, 4.69) is 0 Å². The van der Waals surface area contributed by atoms with Crippen molar-refractivity contribution in [2.24, 2.45) is 5.73 Å². The number of carbonyl (C=O) groups excluding carboxylic acids is 1. The number of ether oxygens (including phenoxy) is 2. The smallest absolute Gasteiger partial charge is 0.248 e. The number of rotatable bonds is 4. The Morgan fingerprint density at radius 1 is 1.71 bits per heavy atom. The van der Waals surface area contributed by atoms with Gasteiger partial charge in [-0.1, -0.05) is 0 Å². The van der Waals surface area contributed by atoms with E-state index in [-0.39, 0.29) is 18.6 Å². The maximum atomic E-state index is 11.5. The Labute approximate surface area is 84.1 Å². The van der Waals surface area contributed by atoms with Crippen LogP contribution in [0.3, 0.4) is 0 Å². The van der Waals surface area contributed by atoms with Crippen LogP contribution in [0.15, 0.2) is 0 Å². The Morgan fingerprint density at radius 3 is 3.14 bits per heavy atom. The summed E-state index contributed by atoms with van der Waals surface area (Å²) in [5, 5.41) is 0. The first-order valence-electron chi connectivity index (χ1n) is 4.95. The van der Waals surface area contributed by atoms with Gasteiger partial charge in [0.1, 0.15) is 6.61 Å². The molecule has 1 aliphatic rings. The van der Waals surface area contributed by atoms with Gasteiger partial charge in [-0.25, -0.2) is 0 Å². The molecular formula is C9H18N2O3. The highest BCUT2D eigenvalue weighted by Gasteiger charge is 2.22. The average molecular weight is 202 g/mol. The van der Waals surface area contributed by atoms with Crippen molar-refractivity contribution >= 4 is 5.91 Å². The zero-order chi connectivity index (χ0) is 10.4. The van der Waals surface area contributed by atoms with Crippen LogP contribution in [0, 0.1) is 0 Å². The lowest BCUT2D eigenvalue weighted by Crippen LogP contribution is -2.49. The first-order chi connectivity index (χ1) is 6.77. The van der Waals surface area contributed by atoms with Crippen molar-refractivity contribution in [3.63, 3.8) is 0 Å². The fourth-order valence-corrected chi connectivity index (χ4v) is 1.37. The molecule has 0 aromatic heterocycles. The van der Waals surface area contributed by atoms with Crippen molar-refractivity contribution in [3.05, 3.63) is 0 Å². The molecule has 1 rings (SSSR count). The summed E-state index contributed by atoms with van der Waals surface area (Å²) in [6.07, 6.45) is -0.0191. The van der Waals surface area contributed by atoms with Crippen LogP contribution >= 0.6 is 0 Å². The predicted octanol–water partition coefficient (Wildman–Crippen LogP) is -0.791. The number of nitrogens with zero attached hydrogens (tertiary/aromatic N) is 1. The second-order valence-corrected chi connectivity index (χ2v) is 3.21. The topological polar surface area (TPSA) is 64.8 Å². The zero-order valence-electron chi connectivity index (χ0n) is 8.57. The Balaban J connectivity index is 2.31. The van der Waals surface area contributed by atoms with Gasteiger partial charge in [-0.05, 0) is 6.92 Å². The number of nitrogens with two attached hydrogens (primary N) is 1. The van der Waals surface area contributed by atoms with E-state index in [1.54, 1.807) is 4.90 Å². The van der Waals surface area contributed by atoms with E-state index in [1.165, 1.54) is 0 Å². The molecule has 82 valence electrons. The molecule has 0 saturated carbocycles. The Kier molecular flexibility index (Phi) is 4.86. The average Bonchev–Trinajstić information content (AvgIpc) is 2.26. The first kappa shape index (κ1) is 11.4. The minimum absolute atomic E-state index is 0.0191. The molecule has 0 bridgehead atoms. The van der Waals surface area contributed by atoms with E-state index < -0.39 is 0 Å². The van der Waals surface area contributed by atoms with Crippen LogP contribution < -0.4 is 5.73 Å². The third-order valence-corrected chi connectivity index (χ3v) is 2.18. The zero-order valence-corrected chi connectivity index (χ0v) is 8.57. The lowest BCUT2D eigenvalue weighted by Gasteiger charge is -2.32. The SMILES string of the molecule is CCOCC(=O)N1CCOC(CN)C1. The van der Waals surface area contributed by atoms with Crippen LogP contribution in [-0.4, -0.2) is 56.4 Å². The molecule has 0 aromatic rings. The number of hydrogen-bond acceptors (Lipinski definition) is 4. The van der Waals surface area contributed by atoms with Crippen LogP contribution in [0.1, 0.15) is 6.92 Å². The molecule has 1 fully saturated rings. The molecule has 5 nitrogen and oxygen atoms in total. The predicted molar refractivity (Wildman–Crippen MR) is 51.9 cm³/mol. The molecule has 1 heterocycles.